The van der Waals surface area contributed by atoms with Crippen molar-refractivity contribution in [1.29, 1.82) is 0 Å². The van der Waals surface area contributed by atoms with E-state index in [1.807, 2.05) is 13.0 Å². The van der Waals surface area contributed by atoms with Crippen LogP contribution in [0, 0.1) is 5.41 Å². The van der Waals surface area contributed by atoms with Crippen LogP contribution < -0.4 is 5.73 Å². The maximum atomic E-state index is 12.5. The van der Waals surface area contributed by atoms with Crippen LogP contribution in [-0.2, 0) is 14.6 Å². The Hall–Kier alpha value is -0.690. The predicted molar refractivity (Wildman–Crippen MR) is 93.2 cm³/mol. The van der Waals surface area contributed by atoms with E-state index in [0.29, 0.717) is 11.6 Å². The second kappa shape index (κ2) is 6.43. The highest BCUT2D eigenvalue weighted by molar-refractivity contribution is 7.92. The van der Waals surface area contributed by atoms with Crippen molar-refractivity contribution in [3.63, 3.8) is 0 Å². The van der Waals surface area contributed by atoms with Gasteiger partial charge in [0.05, 0.1) is 22.3 Å². The molecule has 3 atom stereocenters. The first-order chi connectivity index (χ1) is 10.3. The second-order valence-electron chi connectivity index (χ2n) is 5.45. The van der Waals surface area contributed by atoms with Gasteiger partial charge in [0, 0.05) is 23.3 Å². The molecule has 122 valence electrons. The fourth-order valence-corrected chi connectivity index (χ4v) is 5.76. The van der Waals surface area contributed by atoms with Gasteiger partial charge >= 0.3 is 0 Å². The molecule has 0 aromatic heterocycles. The predicted octanol–water partition coefficient (Wildman–Crippen LogP) is 2.55. The van der Waals surface area contributed by atoms with E-state index < -0.39 is 20.5 Å². The number of nitrogens with two attached hydrogens (primary N) is 1. The van der Waals surface area contributed by atoms with Crippen LogP contribution in [0.2, 0.25) is 5.02 Å². The minimum Gasteiger partial charge on any atom is -0.393 e. The van der Waals surface area contributed by atoms with Crippen LogP contribution in [-0.4, -0.2) is 37.6 Å². The van der Waals surface area contributed by atoms with Gasteiger partial charge in [0.25, 0.3) is 0 Å². The summed E-state index contributed by atoms with van der Waals surface area (Å²) in [6.07, 6.45) is 0. The fourth-order valence-electron chi connectivity index (χ4n) is 3.09. The molecule has 1 aromatic rings. The van der Waals surface area contributed by atoms with Gasteiger partial charge in [0.2, 0.25) is 0 Å². The highest BCUT2D eigenvalue weighted by atomic mass is 35.5. The summed E-state index contributed by atoms with van der Waals surface area (Å²) in [6.45, 7) is 4.17. The first-order valence-electron chi connectivity index (χ1n) is 7.16. The number of hydrogen-bond acceptors (Lipinski definition) is 4. The molecule has 1 aromatic carbocycles. The normalized spacial score (nSPS) is 27.6. The minimum atomic E-state index is -3.31. The van der Waals surface area contributed by atoms with Crippen LogP contribution in [0.1, 0.15) is 25.3 Å². The van der Waals surface area contributed by atoms with Crippen molar-refractivity contribution < 1.29 is 13.2 Å². The number of thiocarbonyl (C=S) groups is 1. The third kappa shape index (κ3) is 2.89. The topological polar surface area (TPSA) is 69.4 Å². The van der Waals surface area contributed by atoms with Gasteiger partial charge in [-0.05, 0) is 24.6 Å². The average molecular weight is 362 g/mol. The van der Waals surface area contributed by atoms with Crippen LogP contribution >= 0.6 is 23.8 Å². The number of rotatable bonds is 7. The van der Waals surface area contributed by atoms with Gasteiger partial charge in [-0.1, -0.05) is 42.9 Å². The second-order valence-corrected chi connectivity index (χ2v) is 8.73. The zero-order valence-electron chi connectivity index (χ0n) is 12.6. The molecule has 1 aliphatic rings. The van der Waals surface area contributed by atoms with Crippen molar-refractivity contribution >= 4 is 38.6 Å². The van der Waals surface area contributed by atoms with Gasteiger partial charge in [-0.2, -0.15) is 0 Å². The van der Waals surface area contributed by atoms with Crippen molar-refractivity contribution in [2.45, 2.75) is 25.0 Å². The van der Waals surface area contributed by atoms with Gasteiger partial charge in [-0.15, -0.1) is 0 Å². The Morgan fingerprint density at radius 2 is 2.14 bits per heavy atom. The SMILES string of the molecule is CCOCC1(C(N)=S)C(c2cccc(Cl)c2)C1S(=O)(=O)CC. The van der Waals surface area contributed by atoms with E-state index >= 15 is 0 Å². The monoisotopic (exact) mass is 361 g/mol. The van der Waals surface area contributed by atoms with E-state index in [-0.39, 0.29) is 23.3 Å². The summed E-state index contributed by atoms with van der Waals surface area (Å²) in [5.74, 6) is -0.259. The van der Waals surface area contributed by atoms with Crippen LogP contribution in [0.15, 0.2) is 24.3 Å². The maximum absolute atomic E-state index is 12.5. The van der Waals surface area contributed by atoms with Gasteiger partial charge < -0.3 is 10.5 Å². The van der Waals surface area contributed by atoms with E-state index in [9.17, 15) is 8.42 Å². The zero-order valence-corrected chi connectivity index (χ0v) is 15.0. The largest absolute Gasteiger partial charge is 0.393 e. The Kier molecular flexibility index (Phi) is 5.16. The summed E-state index contributed by atoms with van der Waals surface area (Å²) < 4.78 is 30.5. The molecular weight excluding hydrogens is 342 g/mol. The van der Waals surface area contributed by atoms with E-state index in [0.717, 1.165) is 5.56 Å². The van der Waals surface area contributed by atoms with Crippen molar-refractivity contribution in [2.24, 2.45) is 11.1 Å². The Balaban J connectivity index is 2.51. The molecule has 1 saturated carbocycles. The summed E-state index contributed by atoms with van der Waals surface area (Å²) in [7, 11) is -3.31. The van der Waals surface area contributed by atoms with Crippen molar-refractivity contribution in [1.82, 2.24) is 0 Å². The summed E-state index contributed by atoms with van der Waals surface area (Å²) in [4.78, 5) is 0.188. The molecule has 0 radical (unpaired) electrons. The summed E-state index contributed by atoms with van der Waals surface area (Å²) in [6, 6.07) is 7.19. The molecule has 0 amide bonds. The molecule has 0 spiro atoms. The van der Waals surface area contributed by atoms with Crippen LogP contribution in [0.5, 0.6) is 0 Å². The Labute approximate surface area is 141 Å². The number of ether oxygens (including phenoxy) is 1. The Morgan fingerprint density at radius 3 is 2.64 bits per heavy atom. The highest BCUT2D eigenvalue weighted by Gasteiger charge is 2.72. The first-order valence-corrected chi connectivity index (χ1v) is 9.66. The summed E-state index contributed by atoms with van der Waals surface area (Å²) in [5.41, 5.74) is 5.93. The first kappa shape index (κ1) is 17.7. The lowest BCUT2D eigenvalue weighted by molar-refractivity contribution is 0.121. The molecule has 2 N–H and O–H groups in total. The minimum absolute atomic E-state index is 0.0468. The van der Waals surface area contributed by atoms with E-state index in [1.54, 1.807) is 25.1 Å². The van der Waals surface area contributed by atoms with Gasteiger partial charge in [0.1, 0.15) is 0 Å². The number of benzene rings is 1. The lowest BCUT2D eigenvalue weighted by atomic mass is 10.00. The van der Waals surface area contributed by atoms with E-state index in [2.05, 4.69) is 0 Å². The molecule has 0 saturated heterocycles. The molecule has 3 unspecified atom stereocenters. The van der Waals surface area contributed by atoms with Crippen LogP contribution in [0.25, 0.3) is 0 Å². The highest BCUT2D eigenvalue weighted by Crippen LogP contribution is 2.63. The molecule has 1 fully saturated rings. The Morgan fingerprint density at radius 1 is 1.45 bits per heavy atom. The van der Waals surface area contributed by atoms with Gasteiger partial charge in [-0.3, -0.25) is 0 Å². The van der Waals surface area contributed by atoms with Crippen LogP contribution in [0.4, 0.5) is 0 Å². The number of sulfone groups is 1. The fraction of sp³-hybridized carbons (Fsp3) is 0.533. The summed E-state index contributed by atoms with van der Waals surface area (Å²) >= 11 is 11.3. The molecule has 0 bridgehead atoms. The van der Waals surface area contributed by atoms with E-state index in [4.69, 9.17) is 34.3 Å². The third-order valence-electron chi connectivity index (χ3n) is 4.26. The molecule has 1 aliphatic carbocycles. The molecule has 22 heavy (non-hydrogen) atoms. The molecule has 4 nitrogen and oxygen atoms in total. The average Bonchev–Trinajstić information content (AvgIpc) is 3.16. The quantitative estimate of drug-likeness (QED) is 0.756. The third-order valence-corrected chi connectivity index (χ3v) is 7.14. The number of hydrogen-bond donors (Lipinski definition) is 1. The smallest absolute Gasteiger partial charge is 0.154 e. The number of halogens is 1. The van der Waals surface area contributed by atoms with Gasteiger partial charge in [-0.25, -0.2) is 8.42 Å². The maximum Gasteiger partial charge on any atom is 0.154 e. The molecule has 0 heterocycles. The summed E-state index contributed by atoms with van der Waals surface area (Å²) in [5, 5.41) is -0.0854. The zero-order chi connectivity index (χ0) is 16.5. The standard InChI is InChI=1S/C15H20ClNO3S2/c1-3-20-9-15(14(17)21)12(13(15)22(18,19)4-2)10-6-5-7-11(16)8-10/h5-8,12-13H,3-4,9H2,1-2H3,(H2,17,21). The lowest BCUT2D eigenvalue weighted by Crippen LogP contribution is -2.34. The van der Waals surface area contributed by atoms with Crippen LogP contribution in [0.3, 0.4) is 0 Å². The molecule has 7 heteroatoms. The van der Waals surface area contributed by atoms with Crippen molar-refractivity contribution in [3.8, 4) is 0 Å². The van der Waals surface area contributed by atoms with Crippen molar-refractivity contribution in [3.05, 3.63) is 34.9 Å². The van der Waals surface area contributed by atoms with Crippen molar-refractivity contribution in [2.75, 3.05) is 19.0 Å². The van der Waals surface area contributed by atoms with Gasteiger partial charge in [0.15, 0.2) is 9.84 Å². The molecular formula is C15H20ClNO3S2. The molecule has 2 rings (SSSR count). The van der Waals surface area contributed by atoms with E-state index in [1.165, 1.54) is 0 Å². The Bertz CT molecular complexity index is 677. The molecule has 0 aliphatic heterocycles. The lowest BCUT2D eigenvalue weighted by Gasteiger charge is -2.16.